The average Bonchev–Trinajstić information content (AvgIpc) is 1.66. The lowest BCUT2D eigenvalue weighted by Gasteiger charge is -2.46. The molecule has 0 atom stereocenters. The number of hydrogen-bond donors (Lipinski definition) is 0. The molecule has 17 aromatic rings. The van der Waals surface area contributed by atoms with Crippen LogP contribution in [0, 0.1) is 0 Å². The van der Waals surface area contributed by atoms with Crippen LogP contribution in [0.3, 0.4) is 0 Å². The molecule has 0 saturated carbocycles. The zero-order valence-corrected chi connectivity index (χ0v) is 58.1. The highest BCUT2D eigenvalue weighted by Gasteiger charge is 2.48. The van der Waals surface area contributed by atoms with Gasteiger partial charge in [-0.15, -0.1) is 22.7 Å². The predicted octanol–water partition coefficient (Wildman–Crippen LogP) is 24.8. The van der Waals surface area contributed by atoms with Crippen LogP contribution in [0.15, 0.2) is 273 Å². The number of para-hydroxylation sites is 1. The van der Waals surface area contributed by atoms with Crippen molar-refractivity contribution in [2.45, 2.75) is 78.6 Å². The number of fused-ring (bicyclic) bond motifs is 12. The molecule has 2 aliphatic heterocycles. The molecule has 0 saturated heterocycles. The molecule has 0 N–H and O–H groups in total. The first-order valence-corrected chi connectivity index (χ1v) is 36.0. The summed E-state index contributed by atoms with van der Waals surface area (Å²) < 4.78 is 41.5. The molecule has 3 aromatic heterocycles. The van der Waals surface area contributed by atoms with Crippen molar-refractivity contribution in [3.63, 3.8) is 0 Å². The minimum Gasteiger partial charge on any atom is -0.310 e. The summed E-state index contributed by atoms with van der Waals surface area (Å²) in [6.45, 7) is 20.3. The van der Waals surface area contributed by atoms with Gasteiger partial charge in [0.05, 0.1) is 41.6 Å². The molecule has 98 heavy (non-hydrogen) atoms. The topological polar surface area (TPSA) is 11.4 Å². The van der Waals surface area contributed by atoms with Crippen molar-refractivity contribution in [3.05, 3.63) is 290 Å². The summed E-state index contributed by atoms with van der Waals surface area (Å²) >= 11 is 3.67. The Morgan fingerprint density at radius 1 is 0.367 bits per heavy atom. The van der Waals surface area contributed by atoms with Gasteiger partial charge in [0.1, 0.15) is 0 Å². The van der Waals surface area contributed by atoms with Crippen molar-refractivity contribution >= 4 is 153 Å². The van der Waals surface area contributed by atoms with E-state index in [9.17, 15) is 4.11 Å². The van der Waals surface area contributed by atoms with Crippen molar-refractivity contribution in [2.75, 3.05) is 9.80 Å². The average molecular weight is 1300 g/mol. The minimum absolute atomic E-state index is 0.0105. The molecule has 0 fully saturated rings. The number of hydrogen-bond acceptors (Lipinski definition) is 4. The number of anilines is 6. The van der Waals surface area contributed by atoms with Gasteiger partial charge in [0, 0.05) is 76.0 Å². The van der Waals surface area contributed by atoms with Gasteiger partial charge in [-0.05, 0) is 160 Å². The van der Waals surface area contributed by atoms with Crippen molar-refractivity contribution in [2.24, 2.45) is 0 Å². The van der Waals surface area contributed by atoms with E-state index in [1.165, 1.54) is 36.0 Å². The second-order valence-corrected chi connectivity index (χ2v) is 32.2. The van der Waals surface area contributed by atoms with E-state index >= 15 is 0 Å². The highest BCUT2D eigenvalue weighted by atomic mass is 32.1. The first-order valence-electron chi connectivity index (χ1n) is 35.8. The van der Waals surface area contributed by atoms with Crippen LogP contribution in [0.4, 0.5) is 34.1 Å². The molecular formula is C92H72BN3S2. The van der Waals surface area contributed by atoms with Gasteiger partial charge in [0.2, 0.25) is 0 Å². The van der Waals surface area contributed by atoms with Crippen LogP contribution < -0.4 is 25.5 Å². The van der Waals surface area contributed by atoms with E-state index in [0.717, 1.165) is 137 Å². The molecule has 6 heteroatoms. The van der Waals surface area contributed by atoms with E-state index in [4.69, 9.17) is 0 Å². The Kier molecular flexibility index (Phi) is 12.2. The Morgan fingerprint density at radius 2 is 0.847 bits per heavy atom. The van der Waals surface area contributed by atoms with Gasteiger partial charge in [0.15, 0.2) is 0 Å². The number of thiophene rings is 2. The molecular weight excluding hydrogens is 1220 g/mol. The molecule has 0 unspecified atom stereocenters. The SMILES string of the molecule is [2H]c1c([2H])c(-n2c3ccccc3c3cc4ccc5cccc6ccc(c4c56)c32)c([2H])c2c1B1c3sc4c(sc5ccccc54)c3N(c3c(-c4ccccc4)cc(C(C)(C)C)cc3-c3ccccc3)c3cc(C(C)(C)C)cc(c31)N2c1c(-c2ccccc2)cc(C(C)(C)C)cc1-c1ccccc1. The number of aromatic nitrogens is 1. The van der Waals surface area contributed by atoms with Crippen LogP contribution in [0.5, 0.6) is 0 Å². The predicted molar refractivity (Wildman–Crippen MR) is 427 cm³/mol. The molecule has 3 nitrogen and oxygen atoms in total. The molecule has 0 amide bonds. The van der Waals surface area contributed by atoms with Gasteiger partial charge in [-0.3, -0.25) is 0 Å². The molecule has 2 aliphatic rings. The highest BCUT2D eigenvalue weighted by molar-refractivity contribution is 7.40. The Hall–Kier alpha value is -10.5. The summed E-state index contributed by atoms with van der Waals surface area (Å²) in [6, 6.07) is 93.8. The minimum atomic E-state index is -0.607. The van der Waals surface area contributed by atoms with Gasteiger partial charge in [-0.25, -0.2) is 0 Å². The van der Waals surface area contributed by atoms with E-state index in [2.05, 4.69) is 331 Å². The monoisotopic (exact) mass is 1300 g/mol. The molecule has 0 radical (unpaired) electrons. The maximum absolute atomic E-state index is 11.9. The first-order chi connectivity index (χ1) is 48.8. The van der Waals surface area contributed by atoms with Crippen LogP contribution in [0.2, 0.25) is 0 Å². The van der Waals surface area contributed by atoms with E-state index in [0.29, 0.717) is 16.8 Å². The lowest BCUT2D eigenvalue weighted by molar-refractivity contribution is 0.590. The maximum atomic E-state index is 11.9. The molecule has 5 heterocycles. The zero-order valence-electron chi connectivity index (χ0n) is 59.5. The summed E-state index contributed by atoms with van der Waals surface area (Å²) in [7, 11) is 0. The third-order valence-corrected chi connectivity index (χ3v) is 23.6. The van der Waals surface area contributed by atoms with Crippen molar-refractivity contribution in [3.8, 4) is 50.2 Å². The summed E-state index contributed by atoms with van der Waals surface area (Å²) in [6.07, 6.45) is 0. The third-order valence-electron chi connectivity index (χ3n) is 21.0. The van der Waals surface area contributed by atoms with Gasteiger partial charge in [0.25, 0.3) is 6.71 Å². The Morgan fingerprint density at radius 3 is 1.41 bits per heavy atom. The van der Waals surface area contributed by atoms with Crippen LogP contribution in [-0.2, 0) is 16.2 Å². The van der Waals surface area contributed by atoms with Crippen molar-refractivity contribution < 1.29 is 4.11 Å². The maximum Gasteiger partial charge on any atom is 0.264 e. The Labute approximate surface area is 585 Å². The molecule has 470 valence electrons. The van der Waals surface area contributed by atoms with E-state index < -0.39 is 12.1 Å². The fourth-order valence-electron chi connectivity index (χ4n) is 16.1. The smallest absolute Gasteiger partial charge is 0.264 e. The van der Waals surface area contributed by atoms with Crippen LogP contribution in [0.25, 0.3) is 124 Å². The lowest BCUT2D eigenvalue weighted by Crippen LogP contribution is -2.60. The number of nitrogens with zero attached hydrogens (tertiary/aromatic N) is 3. The van der Waals surface area contributed by atoms with Crippen LogP contribution >= 0.6 is 22.7 Å². The second-order valence-electron chi connectivity index (χ2n) is 30.1. The fraction of sp³-hybridized carbons (Fsp3) is 0.130. The van der Waals surface area contributed by atoms with Crippen molar-refractivity contribution in [1.82, 2.24) is 4.57 Å². The standard InChI is InChI=1S/C92H72BN3S2/c1-90(2,3)62-48-69(55-27-14-10-15-28-55)84(70(49-62)56-29-16-11-17-30-56)95-76-54-65(94-75-39-24-22-37-66(75)73-47-61-42-41-59-35-26-36-60-43-45-68(83(73)94)81(61)80(59)60)44-46-74(76)93-82-77(95)52-64(92(7,8)9)53-78(82)96(86-88-87(98-89(86)93)67-38-23-25-40-79(67)97-88)85-71(57-31-18-12-19-32-57)50-63(91(4,5)6)51-72(85)58-33-20-13-21-34-58/h10-54H,1-9H3/i44D,46D,54D. The quantitative estimate of drug-likeness (QED) is 0.116. The summed E-state index contributed by atoms with van der Waals surface area (Å²) in [5.41, 5.74) is 20.6. The van der Waals surface area contributed by atoms with E-state index in [-0.39, 0.29) is 29.0 Å². The highest BCUT2D eigenvalue weighted by Crippen LogP contribution is 2.58. The Balaban J connectivity index is 1.04. The van der Waals surface area contributed by atoms with Crippen LogP contribution in [-0.4, -0.2) is 11.3 Å². The molecule has 0 aliphatic carbocycles. The number of rotatable bonds is 7. The molecule has 0 spiro atoms. The number of benzene rings is 14. The summed E-state index contributed by atoms with van der Waals surface area (Å²) in [5.74, 6) is 0. The van der Waals surface area contributed by atoms with Gasteiger partial charge in [-0.2, -0.15) is 0 Å². The third kappa shape index (κ3) is 8.86. The fourth-order valence-corrected chi connectivity index (χ4v) is 19.0. The Bertz CT molecular complexity index is 6170. The van der Waals surface area contributed by atoms with Gasteiger partial charge >= 0.3 is 0 Å². The zero-order chi connectivity index (χ0) is 68.9. The van der Waals surface area contributed by atoms with Gasteiger partial charge < -0.3 is 14.4 Å². The first kappa shape index (κ1) is 55.6. The lowest BCUT2D eigenvalue weighted by atomic mass is 9.36. The van der Waals surface area contributed by atoms with Crippen LogP contribution in [0.1, 0.15) is 83.1 Å². The summed E-state index contributed by atoms with van der Waals surface area (Å²) in [5, 5.41) is 10.1. The van der Waals surface area contributed by atoms with E-state index in [1.807, 2.05) is 22.7 Å². The molecule has 14 aromatic carbocycles. The molecule has 19 rings (SSSR count). The normalized spacial score (nSPS) is 13.7. The van der Waals surface area contributed by atoms with Crippen molar-refractivity contribution in [1.29, 1.82) is 0 Å². The van der Waals surface area contributed by atoms with E-state index in [1.54, 1.807) is 0 Å². The largest absolute Gasteiger partial charge is 0.310 e. The summed E-state index contributed by atoms with van der Waals surface area (Å²) in [4.78, 5) is 5.10. The van der Waals surface area contributed by atoms with Gasteiger partial charge in [-0.1, -0.05) is 269 Å². The second kappa shape index (κ2) is 21.5. The molecule has 0 bridgehead atoms.